The van der Waals surface area contributed by atoms with Crippen LogP contribution in [0.5, 0.6) is 0 Å². The average Bonchev–Trinajstić information content (AvgIpc) is 2.67. The zero-order chi connectivity index (χ0) is 13.1. The maximum Gasteiger partial charge on any atom is 0.228 e. The first-order valence-corrected chi connectivity index (χ1v) is 6.53. The Hall–Kier alpha value is -1.27. The average molecular weight is 239 g/mol. The predicted octanol–water partition coefficient (Wildman–Crippen LogP) is 2.42. The molecule has 1 aromatic carbocycles. The lowest BCUT2D eigenvalue weighted by molar-refractivity contribution is 0.178. The fourth-order valence-electron chi connectivity index (χ4n) is 2.79. The lowest BCUT2D eigenvalue weighted by Gasteiger charge is -2.17. The summed E-state index contributed by atoms with van der Waals surface area (Å²) in [6.45, 7) is 9.34. The van der Waals surface area contributed by atoms with E-state index >= 15 is 0 Å². The van der Waals surface area contributed by atoms with Crippen LogP contribution < -0.4 is 0 Å². The van der Waals surface area contributed by atoms with E-state index in [0.29, 0.717) is 6.42 Å². The van der Waals surface area contributed by atoms with Crippen LogP contribution in [0.25, 0.3) is 4.85 Å². The molecular weight excluding hydrogens is 221 g/mol. The van der Waals surface area contributed by atoms with Crippen LogP contribution >= 0.6 is 0 Å². The zero-order valence-corrected chi connectivity index (χ0v) is 10.7. The Kier molecular flexibility index (Phi) is 4.09. The van der Waals surface area contributed by atoms with Gasteiger partial charge in [0.25, 0.3) is 0 Å². The molecule has 0 aliphatic heterocycles. The Balaban J connectivity index is 2.14. The highest BCUT2D eigenvalue weighted by Crippen LogP contribution is 2.39. The first-order chi connectivity index (χ1) is 8.65. The molecule has 92 valence electrons. The summed E-state index contributed by atoms with van der Waals surface area (Å²) >= 11 is 0. The van der Waals surface area contributed by atoms with Crippen molar-refractivity contribution in [2.45, 2.75) is 44.1 Å². The molecule has 0 spiro atoms. The number of nitrogens with zero attached hydrogens (tertiary/aromatic N) is 1. The Labute approximate surface area is 110 Å². The van der Waals surface area contributed by atoms with Gasteiger partial charge in [0.05, 0.1) is 14.0 Å². The molecule has 3 heteroatoms. The van der Waals surface area contributed by atoms with Crippen LogP contribution in [0.15, 0.2) is 24.3 Å². The Morgan fingerprint density at radius 2 is 2.17 bits per heavy atom. The summed E-state index contributed by atoms with van der Waals surface area (Å²) in [7, 11) is 6.01. The molecule has 2 radical (unpaired) electrons. The second-order valence-corrected chi connectivity index (χ2v) is 5.12. The second kappa shape index (κ2) is 5.58. The molecule has 1 aliphatic carbocycles. The van der Waals surface area contributed by atoms with E-state index in [0.717, 1.165) is 12.8 Å². The van der Waals surface area contributed by atoms with Crippen molar-refractivity contribution in [1.29, 1.82) is 0 Å². The van der Waals surface area contributed by atoms with Gasteiger partial charge in [-0.05, 0) is 29.8 Å². The minimum absolute atomic E-state index is 0.0737. The molecule has 4 atom stereocenters. The van der Waals surface area contributed by atoms with E-state index in [2.05, 4.69) is 36.0 Å². The van der Waals surface area contributed by atoms with Crippen molar-refractivity contribution in [2.75, 3.05) is 0 Å². The summed E-state index contributed by atoms with van der Waals surface area (Å²) in [4.78, 5) is 3.62. The SMILES string of the molecule is [B]C1C(O)CC([N+]#[C-])C1Cc1cccc(CC)c1. The predicted molar refractivity (Wildman–Crippen MR) is 73.5 cm³/mol. The molecule has 18 heavy (non-hydrogen) atoms. The Bertz CT molecular complexity index is 454. The minimum Gasteiger partial charge on any atom is -0.393 e. The third kappa shape index (κ3) is 2.59. The van der Waals surface area contributed by atoms with Crippen molar-refractivity contribution >= 4 is 7.85 Å². The van der Waals surface area contributed by atoms with Crippen molar-refractivity contribution in [3.05, 3.63) is 46.8 Å². The van der Waals surface area contributed by atoms with Crippen LogP contribution in [0.3, 0.4) is 0 Å². The topological polar surface area (TPSA) is 24.6 Å². The van der Waals surface area contributed by atoms with Crippen molar-refractivity contribution in [2.24, 2.45) is 5.92 Å². The summed E-state index contributed by atoms with van der Waals surface area (Å²) in [5, 5.41) is 9.78. The molecule has 0 amide bonds. The van der Waals surface area contributed by atoms with E-state index in [1.54, 1.807) is 0 Å². The van der Waals surface area contributed by atoms with Gasteiger partial charge in [-0.1, -0.05) is 31.2 Å². The van der Waals surface area contributed by atoms with Crippen molar-refractivity contribution in [3.8, 4) is 0 Å². The van der Waals surface area contributed by atoms with Gasteiger partial charge in [-0.25, -0.2) is 6.57 Å². The van der Waals surface area contributed by atoms with Gasteiger partial charge >= 0.3 is 0 Å². The summed E-state index contributed by atoms with van der Waals surface area (Å²) < 4.78 is 0. The van der Waals surface area contributed by atoms with Crippen LogP contribution in [0, 0.1) is 12.5 Å². The van der Waals surface area contributed by atoms with Crippen LogP contribution in [0.2, 0.25) is 5.82 Å². The van der Waals surface area contributed by atoms with Gasteiger partial charge in [0.2, 0.25) is 6.04 Å². The molecule has 0 heterocycles. The first-order valence-electron chi connectivity index (χ1n) is 6.53. The van der Waals surface area contributed by atoms with E-state index < -0.39 is 6.10 Å². The highest BCUT2D eigenvalue weighted by Gasteiger charge is 2.43. The lowest BCUT2D eigenvalue weighted by atomic mass is 9.74. The van der Waals surface area contributed by atoms with Crippen LogP contribution in [-0.4, -0.2) is 25.1 Å². The third-order valence-corrected chi connectivity index (χ3v) is 3.95. The van der Waals surface area contributed by atoms with Crippen molar-refractivity contribution < 1.29 is 5.11 Å². The van der Waals surface area contributed by atoms with Gasteiger partial charge in [-0.15, -0.1) is 0 Å². The van der Waals surface area contributed by atoms with Crippen LogP contribution in [0.4, 0.5) is 0 Å². The number of aryl methyl sites for hydroxylation is 1. The lowest BCUT2D eigenvalue weighted by Crippen LogP contribution is -2.18. The smallest absolute Gasteiger partial charge is 0.228 e. The van der Waals surface area contributed by atoms with Crippen molar-refractivity contribution in [3.63, 3.8) is 0 Å². The summed E-state index contributed by atoms with van der Waals surface area (Å²) in [6.07, 6.45) is 1.80. The largest absolute Gasteiger partial charge is 0.393 e. The first kappa shape index (κ1) is 13.2. The monoisotopic (exact) mass is 239 g/mol. The quantitative estimate of drug-likeness (QED) is 0.635. The molecule has 0 bridgehead atoms. The third-order valence-electron chi connectivity index (χ3n) is 3.95. The molecule has 1 saturated carbocycles. The standard InChI is InChI=1S/C15H18BNO/c1-3-10-5-4-6-11(7-10)8-12-13(17-2)9-14(18)15(12)16/h4-7,12-15,18H,3,8-9H2,1H3. The van der Waals surface area contributed by atoms with E-state index in [4.69, 9.17) is 14.4 Å². The molecule has 0 saturated heterocycles. The molecule has 1 aromatic rings. The molecule has 0 aromatic heterocycles. The van der Waals surface area contributed by atoms with Gasteiger partial charge < -0.3 is 9.95 Å². The Morgan fingerprint density at radius 3 is 2.83 bits per heavy atom. The fraction of sp³-hybridized carbons (Fsp3) is 0.533. The molecular formula is C15H18BNO. The summed E-state index contributed by atoms with van der Waals surface area (Å²) in [5.74, 6) is -0.195. The highest BCUT2D eigenvalue weighted by molar-refractivity contribution is 6.12. The minimum atomic E-state index is -0.525. The molecule has 1 N–H and O–H groups in total. The number of rotatable bonds is 3. The van der Waals surface area contributed by atoms with Gasteiger partial charge in [-0.3, -0.25) is 0 Å². The van der Waals surface area contributed by atoms with E-state index in [1.807, 2.05) is 0 Å². The number of aliphatic hydroxyl groups is 1. The van der Waals surface area contributed by atoms with E-state index in [9.17, 15) is 5.11 Å². The molecule has 2 rings (SSSR count). The number of hydrogen-bond acceptors (Lipinski definition) is 1. The van der Waals surface area contributed by atoms with Crippen molar-refractivity contribution in [1.82, 2.24) is 0 Å². The number of hydrogen-bond donors (Lipinski definition) is 1. The van der Waals surface area contributed by atoms with Gasteiger partial charge in [0.15, 0.2) is 0 Å². The van der Waals surface area contributed by atoms with E-state index in [-0.39, 0.29) is 17.8 Å². The van der Waals surface area contributed by atoms with E-state index in [1.165, 1.54) is 11.1 Å². The van der Waals surface area contributed by atoms with Crippen LogP contribution in [0.1, 0.15) is 24.5 Å². The highest BCUT2D eigenvalue weighted by atomic mass is 16.3. The maximum absolute atomic E-state index is 9.78. The summed E-state index contributed by atoms with van der Waals surface area (Å²) in [5.41, 5.74) is 2.52. The molecule has 1 fully saturated rings. The maximum atomic E-state index is 9.78. The van der Waals surface area contributed by atoms with Gasteiger partial charge in [0.1, 0.15) is 0 Å². The second-order valence-electron chi connectivity index (χ2n) is 5.12. The fourth-order valence-corrected chi connectivity index (χ4v) is 2.79. The molecule has 1 aliphatic rings. The summed E-state index contributed by atoms with van der Waals surface area (Å²) in [6, 6.07) is 8.29. The number of aliphatic hydroxyl groups excluding tert-OH is 1. The molecule has 4 unspecified atom stereocenters. The van der Waals surface area contributed by atoms with Gasteiger partial charge in [-0.2, -0.15) is 0 Å². The normalized spacial score (nSPS) is 31.2. The van der Waals surface area contributed by atoms with Crippen LogP contribution in [-0.2, 0) is 12.8 Å². The number of benzene rings is 1. The van der Waals surface area contributed by atoms with Gasteiger partial charge in [0, 0.05) is 12.3 Å². The zero-order valence-electron chi connectivity index (χ0n) is 10.7. The Morgan fingerprint density at radius 1 is 1.44 bits per heavy atom. The molecule has 2 nitrogen and oxygen atoms in total.